The molecular formula is C13H16BrNO2. The maximum Gasteiger partial charge on any atom is 0.255 e. The molecule has 1 aromatic carbocycles. The number of amides is 1. The second kappa shape index (κ2) is 4.69. The number of halogens is 1. The third kappa shape index (κ3) is 2.80. The Hall–Kier alpha value is -1.03. The largest absolute Gasteiger partial charge is 0.507 e. The molecule has 1 aliphatic rings. The van der Waals surface area contributed by atoms with Gasteiger partial charge in [0.1, 0.15) is 5.75 Å². The van der Waals surface area contributed by atoms with Gasteiger partial charge in [-0.2, -0.15) is 0 Å². The fourth-order valence-corrected chi connectivity index (χ4v) is 2.25. The van der Waals surface area contributed by atoms with Crippen LogP contribution in [0.15, 0.2) is 22.7 Å². The molecule has 1 saturated carbocycles. The number of nitrogens with one attached hydrogen (secondary N) is 1. The molecule has 2 rings (SSSR count). The van der Waals surface area contributed by atoms with E-state index < -0.39 is 0 Å². The van der Waals surface area contributed by atoms with Crippen LogP contribution in [0.1, 0.15) is 36.5 Å². The number of carbonyl (C=O) groups excluding carboxylic acids is 1. The molecule has 2 N–H and O–H groups in total. The summed E-state index contributed by atoms with van der Waals surface area (Å²) in [5, 5.41) is 12.5. The molecule has 92 valence electrons. The van der Waals surface area contributed by atoms with E-state index in [9.17, 15) is 9.90 Å². The van der Waals surface area contributed by atoms with E-state index in [-0.39, 0.29) is 11.7 Å². The van der Waals surface area contributed by atoms with E-state index >= 15 is 0 Å². The number of phenolic OH excluding ortho intramolecular Hbond substituents is 1. The second-order valence-electron chi connectivity index (χ2n) is 4.70. The third-order valence-electron chi connectivity index (χ3n) is 3.53. The van der Waals surface area contributed by atoms with Crippen LogP contribution in [0.2, 0.25) is 0 Å². The van der Waals surface area contributed by atoms with Gasteiger partial charge in [0.05, 0.1) is 5.56 Å². The van der Waals surface area contributed by atoms with Crippen LogP contribution in [0, 0.1) is 5.41 Å². The van der Waals surface area contributed by atoms with Crippen molar-refractivity contribution in [2.75, 3.05) is 6.54 Å². The Balaban J connectivity index is 2.02. The smallest absolute Gasteiger partial charge is 0.255 e. The molecule has 17 heavy (non-hydrogen) atoms. The van der Waals surface area contributed by atoms with Crippen molar-refractivity contribution in [3.63, 3.8) is 0 Å². The minimum atomic E-state index is -0.205. The van der Waals surface area contributed by atoms with E-state index in [0.29, 0.717) is 17.5 Å². The van der Waals surface area contributed by atoms with Gasteiger partial charge in [0.15, 0.2) is 0 Å². The number of benzene rings is 1. The standard InChI is InChI=1S/C13H16BrNO2/c1-2-13(5-6-13)8-15-12(17)10-7-9(14)3-4-11(10)16/h3-4,7,16H,2,5-6,8H2,1H3,(H,15,17). The van der Waals surface area contributed by atoms with Crippen molar-refractivity contribution >= 4 is 21.8 Å². The lowest BCUT2D eigenvalue weighted by Gasteiger charge is -2.13. The van der Waals surface area contributed by atoms with Crippen molar-refractivity contribution in [2.24, 2.45) is 5.41 Å². The summed E-state index contributed by atoms with van der Waals surface area (Å²) in [5.41, 5.74) is 0.642. The zero-order valence-electron chi connectivity index (χ0n) is 9.79. The molecule has 0 spiro atoms. The minimum absolute atomic E-state index is 0.0204. The fourth-order valence-electron chi connectivity index (χ4n) is 1.89. The average molecular weight is 298 g/mol. The molecule has 0 unspecified atom stereocenters. The van der Waals surface area contributed by atoms with Gasteiger partial charge in [-0.15, -0.1) is 0 Å². The Morgan fingerprint density at radius 1 is 1.53 bits per heavy atom. The number of hydrogen-bond donors (Lipinski definition) is 2. The number of carbonyl (C=O) groups is 1. The van der Waals surface area contributed by atoms with Gasteiger partial charge in [-0.05, 0) is 42.9 Å². The Bertz CT molecular complexity index is 441. The molecule has 0 atom stereocenters. The van der Waals surface area contributed by atoms with Gasteiger partial charge in [-0.3, -0.25) is 4.79 Å². The quantitative estimate of drug-likeness (QED) is 0.897. The first-order chi connectivity index (χ1) is 8.06. The lowest BCUT2D eigenvalue weighted by molar-refractivity contribution is 0.0941. The topological polar surface area (TPSA) is 49.3 Å². The van der Waals surface area contributed by atoms with Crippen LogP contribution in [-0.4, -0.2) is 17.6 Å². The zero-order valence-corrected chi connectivity index (χ0v) is 11.4. The van der Waals surface area contributed by atoms with Crippen molar-refractivity contribution in [3.8, 4) is 5.75 Å². The lowest BCUT2D eigenvalue weighted by Crippen LogP contribution is -2.30. The monoisotopic (exact) mass is 297 g/mol. The Labute approximate surface area is 109 Å². The van der Waals surface area contributed by atoms with E-state index in [4.69, 9.17) is 0 Å². The number of hydrogen-bond acceptors (Lipinski definition) is 2. The molecule has 0 saturated heterocycles. The summed E-state index contributed by atoms with van der Waals surface area (Å²) in [7, 11) is 0. The summed E-state index contributed by atoms with van der Waals surface area (Å²) in [4.78, 5) is 11.9. The van der Waals surface area contributed by atoms with Gasteiger partial charge in [-0.25, -0.2) is 0 Å². The predicted octanol–water partition coefficient (Wildman–Crippen LogP) is 3.07. The van der Waals surface area contributed by atoms with Crippen LogP contribution in [-0.2, 0) is 0 Å². The highest BCUT2D eigenvalue weighted by Crippen LogP contribution is 2.47. The zero-order chi connectivity index (χ0) is 12.5. The molecule has 0 bridgehead atoms. The maximum absolute atomic E-state index is 11.9. The Kier molecular flexibility index (Phi) is 3.43. The maximum atomic E-state index is 11.9. The first-order valence-corrected chi connectivity index (χ1v) is 6.62. The summed E-state index contributed by atoms with van der Waals surface area (Å²) in [6.45, 7) is 2.85. The summed E-state index contributed by atoms with van der Waals surface area (Å²) in [6.07, 6.45) is 3.47. The number of aromatic hydroxyl groups is 1. The molecule has 0 heterocycles. The molecule has 1 aromatic rings. The highest BCUT2D eigenvalue weighted by Gasteiger charge is 2.40. The van der Waals surface area contributed by atoms with Crippen LogP contribution < -0.4 is 5.32 Å². The number of rotatable bonds is 4. The first-order valence-electron chi connectivity index (χ1n) is 5.83. The van der Waals surface area contributed by atoms with Gasteiger partial charge < -0.3 is 10.4 Å². The predicted molar refractivity (Wildman–Crippen MR) is 70.1 cm³/mol. The molecule has 4 heteroatoms. The molecule has 0 radical (unpaired) electrons. The van der Waals surface area contributed by atoms with E-state index in [1.807, 2.05) is 0 Å². The Morgan fingerprint density at radius 2 is 2.24 bits per heavy atom. The van der Waals surface area contributed by atoms with E-state index in [1.54, 1.807) is 12.1 Å². The van der Waals surface area contributed by atoms with Crippen molar-refractivity contribution in [1.82, 2.24) is 5.32 Å². The average Bonchev–Trinajstić information content (AvgIpc) is 3.10. The molecule has 0 aliphatic heterocycles. The van der Waals surface area contributed by atoms with Crippen LogP contribution in [0.5, 0.6) is 5.75 Å². The molecule has 1 aliphatic carbocycles. The SMILES string of the molecule is CCC1(CNC(=O)c2cc(Br)ccc2O)CC1. The minimum Gasteiger partial charge on any atom is -0.507 e. The summed E-state index contributed by atoms with van der Waals surface area (Å²) >= 11 is 3.29. The third-order valence-corrected chi connectivity index (χ3v) is 4.03. The van der Waals surface area contributed by atoms with Gasteiger partial charge in [0.2, 0.25) is 0 Å². The van der Waals surface area contributed by atoms with Crippen LogP contribution in [0.4, 0.5) is 0 Å². The lowest BCUT2D eigenvalue weighted by atomic mass is 10.0. The van der Waals surface area contributed by atoms with Crippen molar-refractivity contribution in [2.45, 2.75) is 26.2 Å². The van der Waals surface area contributed by atoms with E-state index in [0.717, 1.165) is 10.9 Å². The highest BCUT2D eigenvalue weighted by molar-refractivity contribution is 9.10. The van der Waals surface area contributed by atoms with Crippen molar-refractivity contribution in [3.05, 3.63) is 28.2 Å². The van der Waals surface area contributed by atoms with Crippen molar-refractivity contribution in [1.29, 1.82) is 0 Å². The van der Waals surface area contributed by atoms with E-state index in [1.165, 1.54) is 18.9 Å². The molecule has 1 amide bonds. The Morgan fingerprint density at radius 3 is 2.82 bits per heavy atom. The summed E-state index contributed by atoms with van der Waals surface area (Å²) in [6, 6.07) is 4.86. The fraction of sp³-hybridized carbons (Fsp3) is 0.462. The van der Waals surface area contributed by atoms with Crippen molar-refractivity contribution < 1.29 is 9.90 Å². The molecule has 0 aromatic heterocycles. The molecule has 1 fully saturated rings. The molecular weight excluding hydrogens is 282 g/mol. The summed E-state index contributed by atoms with van der Waals surface area (Å²) < 4.78 is 0.789. The van der Waals surface area contributed by atoms with Gasteiger partial charge in [-0.1, -0.05) is 22.9 Å². The molecule has 3 nitrogen and oxygen atoms in total. The second-order valence-corrected chi connectivity index (χ2v) is 5.61. The number of phenols is 1. The highest BCUT2D eigenvalue weighted by atomic mass is 79.9. The van der Waals surface area contributed by atoms with Gasteiger partial charge >= 0.3 is 0 Å². The van der Waals surface area contributed by atoms with Crippen LogP contribution >= 0.6 is 15.9 Å². The van der Waals surface area contributed by atoms with Gasteiger partial charge in [0.25, 0.3) is 5.91 Å². The summed E-state index contributed by atoms with van der Waals surface area (Å²) in [5.74, 6) is -0.185. The van der Waals surface area contributed by atoms with E-state index in [2.05, 4.69) is 28.2 Å². The van der Waals surface area contributed by atoms with Crippen LogP contribution in [0.3, 0.4) is 0 Å². The van der Waals surface area contributed by atoms with Gasteiger partial charge in [0, 0.05) is 11.0 Å². The first kappa shape index (κ1) is 12.4. The normalized spacial score (nSPS) is 16.6. The van der Waals surface area contributed by atoms with Crippen LogP contribution in [0.25, 0.3) is 0 Å².